The molecule has 4 aromatic rings. The zero-order chi connectivity index (χ0) is 29.6. The fourth-order valence-electron chi connectivity index (χ4n) is 5.47. The first-order valence-corrected chi connectivity index (χ1v) is 14.4. The van der Waals surface area contributed by atoms with Crippen LogP contribution in [0.1, 0.15) is 53.4 Å². The Labute approximate surface area is 245 Å². The highest BCUT2D eigenvalue weighted by molar-refractivity contribution is 6.08. The fraction of sp³-hybridized carbons (Fsp3) is 0.303. The van der Waals surface area contributed by atoms with E-state index in [2.05, 4.69) is 40.0 Å². The van der Waals surface area contributed by atoms with Gasteiger partial charge in [-0.2, -0.15) is 0 Å². The normalized spacial score (nSPS) is 14.2. The van der Waals surface area contributed by atoms with Crippen molar-refractivity contribution in [1.29, 1.82) is 0 Å². The van der Waals surface area contributed by atoms with Crippen molar-refractivity contribution in [3.05, 3.63) is 88.6 Å². The Morgan fingerprint density at radius 3 is 2.45 bits per heavy atom. The van der Waals surface area contributed by atoms with E-state index >= 15 is 0 Å². The highest BCUT2D eigenvalue weighted by atomic mass is 16.5. The predicted molar refractivity (Wildman–Crippen MR) is 164 cm³/mol. The van der Waals surface area contributed by atoms with Gasteiger partial charge in [0.25, 0.3) is 5.91 Å². The first-order valence-electron chi connectivity index (χ1n) is 14.4. The van der Waals surface area contributed by atoms with Crippen LogP contribution in [0.15, 0.2) is 60.8 Å². The Morgan fingerprint density at radius 1 is 1.00 bits per heavy atom. The van der Waals surface area contributed by atoms with Gasteiger partial charge in [0.1, 0.15) is 0 Å². The van der Waals surface area contributed by atoms with Crippen LogP contribution in [-0.2, 0) is 30.7 Å². The molecule has 2 amide bonds. The molecule has 1 atom stereocenters. The van der Waals surface area contributed by atoms with Crippen molar-refractivity contribution < 1.29 is 19.1 Å². The minimum atomic E-state index is -0.596. The number of aromatic nitrogens is 1. The summed E-state index contributed by atoms with van der Waals surface area (Å²) in [5.41, 5.74) is 12.5. The Hall–Kier alpha value is -4.63. The summed E-state index contributed by atoms with van der Waals surface area (Å²) in [7, 11) is 0. The fourth-order valence-corrected chi connectivity index (χ4v) is 5.47. The highest BCUT2D eigenvalue weighted by Gasteiger charge is 2.24. The number of anilines is 2. The van der Waals surface area contributed by atoms with Crippen LogP contribution in [-0.4, -0.2) is 36.1 Å². The maximum absolute atomic E-state index is 13.1. The lowest BCUT2D eigenvalue weighted by molar-refractivity contribution is -0.123. The lowest BCUT2D eigenvalue weighted by Gasteiger charge is -2.25. The maximum atomic E-state index is 13.1. The molecule has 2 heterocycles. The minimum Gasteiger partial charge on any atom is -0.490 e. The monoisotopic (exact) mass is 567 g/mol. The van der Waals surface area contributed by atoms with E-state index in [1.807, 2.05) is 56.3 Å². The number of pyridine rings is 1. The Bertz CT molecular complexity index is 1620. The van der Waals surface area contributed by atoms with Gasteiger partial charge in [-0.1, -0.05) is 43.3 Å². The first-order chi connectivity index (χ1) is 20.4. The van der Waals surface area contributed by atoms with Crippen LogP contribution in [0.5, 0.6) is 11.5 Å². The third kappa shape index (κ3) is 6.01. The molecule has 9 nitrogen and oxygen atoms in total. The number of fused-ring (bicyclic) bond motifs is 2. The van der Waals surface area contributed by atoms with E-state index in [0.29, 0.717) is 67.2 Å². The molecule has 9 heteroatoms. The SMILES string of the molecule is CCOc1cc2ncc(C(N)=O)c(Nc3cccc(CNC(=O)[C@H]4Cc5ccccc5CN4)c3CC)c2cc1OCC. The number of carbonyl (C=O) groups excluding carboxylic acids is 2. The van der Waals surface area contributed by atoms with Crippen LogP contribution in [0, 0.1) is 0 Å². The zero-order valence-electron chi connectivity index (χ0n) is 24.3. The molecule has 0 bridgehead atoms. The standard InChI is InChI=1S/C33H37N5O4/c1-4-23-22(18-37-33(40)28-14-20-10-7-8-11-21(20)17-35-28)12-9-13-26(23)38-31-24-15-29(41-5-2)30(42-6-3)16-27(24)36-19-25(31)32(34)39/h7-13,15-16,19,28,35H,4-6,14,17-18H2,1-3H3,(H2,34,39)(H,36,38)(H,37,40)/t28-/m1/s1. The van der Waals surface area contributed by atoms with Crippen LogP contribution in [0.2, 0.25) is 0 Å². The molecule has 1 aliphatic heterocycles. The number of carbonyl (C=O) groups is 2. The average molecular weight is 568 g/mol. The number of amides is 2. The molecule has 1 aliphatic rings. The summed E-state index contributed by atoms with van der Waals surface area (Å²) in [6.45, 7) is 7.85. The van der Waals surface area contributed by atoms with Crippen LogP contribution < -0.4 is 31.2 Å². The molecule has 3 aromatic carbocycles. The van der Waals surface area contributed by atoms with Gasteiger partial charge < -0.3 is 31.2 Å². The van der Waals surface area contributed by atoms with E-state index in [-0.39, 0.29) is 17.5 Å². The largest absolute Gasteiger partial charge is 0.490 e. The van der Waals surface area contributed by atoms with E-state index < -0.39 is 5.91 Å². The van der Waals surface area contributed by atoms with E-state index in [1.54, 1.807) is 0 Å². The average Bonchev–Trinajstić information content (AvgIpc) is 3.00. The van der Waals surface area contributed by atoms with Crippen molar-refractivity contribution in [3.63, 3.8) is 0 Å². The highest BCUT2D eigenvalue weighted by Crippen LogP contribution is 2.38. The van der Waals surface area contributed by atoms with E-state index in [0.717, 1.165) is 16.8 Å². The van der Waals surface area contributed by atoms with Gasteiger partial charge in [-0.15, -0.1) is 0 Å². The van der Waals surface area contributed by atoms with Crippen molar-refractivity contribution in [3.8, 4) is 11.5 Å². The molecular formula is C33H37N5O4. The van der Waals surface area contributed by atoms with E-state index in [1.165, 1.54) is 17.3 Å². The summed E-state index contributed by atoms with van der Waals surface area (Å²) in [5, 5.41) is 10.6. The lowest BCUT2D eigenvalue weighted by atomic mass is 9.95. The molecule has 0 spiro atoms. The van der Waals surface area contributed by atoms with Crippen molar-refractivity contribution in [2.45, 2.75) is 52.7 Å². The third-order valence-corrected chi connectivity index (χ3v) is 7.54. The number of hydrogen-bond donors (Lipinski definition) is 4. The maximum Gasteiger partial charge on any atom is 0.252 e. The number of rotatable bonds is 11. The van der Waals surface area contributed by atoms with Gasteiger partial charge in [-0.25, -0.2) is 0 Å². The van der Waals surface area contributed by atoms with Gasteiger partial charge in [0.15, 0.2) is 11.5 Å². The molecule has 0 unspecified atom stereocenters. The summed E-state index contributed by atoms with van der Waals surface area (Å²) >= 11 is 0. The summed E-state index contributed by atoms with van der Waals surface area (Å²) in [5.74, 6) is 0.515. The zero-order valence-corrected chi connectivity index (χ0v) is 24.3. The molecule has 0 radical (unpaired) electrons. The number of benzene rings is 3. The number of primary amides is 1. The lowest BCUT2D eigenvalue weighted by Crippen LogP contribution is -2.47. The molecule has 5 N–H and O–H groups in total. The third-order valence-electron chi connectivity index (χ3n) is 7.54. The van der Waals surface area contributed by atoms with Crippen molar-refractivity contribution >= 4 is 34.1 Å². The van der Waals surface area contributed by atoms with Crippen molar-refractivity contribution in [2.75, 3.05) is 18.5 Å². The summed E-state index contributed by atoms with van der Waals surface area (Å²) < 4.78 is 11.6. The molecule has 0 saturated heterocycles. The van der Waals surface area contributed by atoms with Crippen LogP contribution in [0.25, 0.3) is 10.9 Å². The molecule has 0 aliphatic carbocycles. The van der Waals surface area contributed by atoms with Crippen LogP contribution >= 0.6 is 0 Å². The second-order valence-corrected chi connectivity index (χ2v) is 10.1. The number of nitrogens with one attached hydrogen (secondary N) is 3. The molecule has 5 rings (SSSR count). The molecule has 0 saturated carbocycles. The first kappa shape index (κ1) is 28.9. The predicted octanol–water partition coefficient (Wildman–Crippen LogP) is 4.77. The number of ether oxygens (including phenoxy) is 2. The van der Waals surface area contributed by atoms with Gasteiger partial charge in [0.05, 0.1) is 36.0 Å². The second-order valence-electron chi connectivity index (χ2n) is 10.1. The van der Waals surface area contributed by atoms with E-state index in [4.69, 9.17) is 15.2 Å². The minimum absolute atomic E-state index is 0.0328. The molecule has 1 aromatic heterocycles. The van der Waals surface area contributed by atoms with Crippen LogP contribution in [0.4, 0.5) is 11.4 Å². The molecule has 218 valence electrons. The molecular weight excluding hydrogens is 530 g/mol. The van der Waals surface area contributed by atoms with Gasteiger partial charge in [-0.3, -0.25) is 14.6 Å². The Morgan fingerprint density at radius 2 is 1.74 bits per heavy atom. The van der Waals surface area contributed by atoms with Gasteiger partial charge in [0, 0.05) is 36.4 Å². The number of hydrogen-bond acceptors (Lipinski definition) is 7. The van der Waals surface area contributed by atoms with Crippen LogP contribution in [0.3, 0.4) is 0 Å². The van der Waals surface area contributed by atoms with Gasteiger partial charge in [0.2, 0.25) is 5.91 Å². The summed E-state index contributed by atoms with van der Waals surface area (Å²) in [6, 6.07) is 17.5. The number of nitrogens with two attached hydrogens (primary N) is 1. The topological polar surface area (TPSA) is 128 Å². The van der Waals surface area contributed by atoms with E-state index in [9.17, 15) is 9.59 Å². The Kier molecular flexibility index (Phi) is 8.88. The Balaban J connectivity index is 1.43. The molecule has 0 fully saturated rings. The quantitative estimate of drug-likeness (QED) is 0.206. The van der Waals surface area contributed by atoms with Crippen molar-refractivity contribution in [1.82, 2.24) is 15.6 Å². The van der Waals surface area contributed by atoms with Gasteiger partial charge in [-0.05, 0) is 61.1 Å². The van der Waals surface area contributed by atoms with Gasteiger partial charge >= 0.3 is 0 Å². The smallest absolute Gasteiger partial charge is 0.252 e. The summed E-state index contributed by atoms with van der Waals surface area (Å²) in [6.07, 6.45) is 2.84. The van der Waals surface area contributed by atoms with Crippen molar-refractivity contribution in [2.24, 2.45) is 5.73 Å². The summed E-state index contributed by atoms with van der Waals surface area (Å²) in [4.78, 5) is 30.1. The second kappa shape index (κ2) is 12.9. The molecule has 42 heavy (non-hydrogen) atoms. The number of nitrogens with zero attached hydrogens (tertiary/aromatic N) is 1.